The van der Waals surface area contributed by atoms with Crippen molar-refractivity contribution < 1.29 is 19.4 Å². The molecule has 1 aromatic rings. The number of nitrogens with zero attached hydrogens (tertiary/aromatic N) is 1. The van der Waals surface area contributed by atoms with E-state index in [0.717, 1.165) is 0 Å². The van der Waals surface area contributed by atoms with Gasteiger partial charge in [-0.15, -0.1) is 0 Å². The minimum atomic E-state index is -0.695. The molecule has 1 fully saturated rings. The van der Waals surface area contributed by atoms with Gasteiger partial charge in [-0.1, -0.05) is 6.92 Å². The number of aryl methyl sites for hydroxylation is 1. The highest BCUT2D eigenvalue weighted by atomic mass is 16.6. The maximum absolute atomic E-state index is 11.9. The van der Waals surface area contributed by atoms with Crippen LogP contribution < -0.4 is 11.2 Å². The number of hydrogen-bond acceptors (Lipinski definition) is 6. The Bertz CT molecular complexity index is 649. The summed E-state index contributed by atoms with van der Waals surface area (Å²) in [6.07, 6.45) is 0.593. The second kappa shape index (κ2) is 6.89. The molecule has 1 aliphatic heterocycles. The van der Waals surface area contributed by atoms with E-state index in [1.807, 2.05) is 6.92 Å². The lowest BCUT2D eigenvalue weighted by Crippen LogP contribution is -2.33. The van der Waals surface area contributed by atoms with Crippen molar-refractivity contribution in [1.29, 1.82) is 0 Å². The van der Waals surface area contributed by atoms with Crippen molar-refractivity contribution in [3.05, 3.63) is 32.6 Å². The van der Waals surface area contributed by atoms with Gasteiger partial charge < -0.3 is 14.6 Å². The van der Waals surface area contributed by atoms with Crippen molar-refractivity contribution in [1.82, 2.24) is 9.55 Å². The molecular formula is C14H20N2O6. The maximum atomic E-state index is 11.9. The molecule has 3 atom stereocenters. The summed E-state index contributed by atoms with van der Waals surface area (Å²) in [5.74, 6) is -0.361. The van der Waals surface area contributed by atoms with Gasteiger partial charge in [-0.05, 0) is 13.3 Å². The van der Waals surface area contributed by atoms with Gasteiger partial charge in [0.2, 0.25) is 0 Å². The Morgan fingerprint density at radius 2 is 2.27 bits per heavy atom. The summed E-state index contributed by atoms with van der Waals surface area (Å²) >= 11 is 0. The lowest BCUT2D eigenvalue weighted by atomic mass is 10.2. The summed E-state index contributed by atoms with van der Waals surface area (Å²) < 4.78 is 12.1. The molecule has 0 radical (unpaired) electrons. The fourth-order valence-electron chi connectivity index (χ4n) is 2.39. The van der Waals surface area contributed by atoms with Gasteiger partial charge in [0, 0.05) is 24.6 Å². The first-order valence-corrected chi connectivity index (χ1v) is 7.24. The topological polar surface area (TPSA) is 111 Å². The van der Waals surface area contributed by atoms with Crippen molar-refractivity contribution in [3.63, 3.8) is 0 Å². The molecule has 0 aromatic carbocycles. The molecule has 2 heterocycles. The van der Waals surface area contributed by atoms with Crippen LogP contribution in [0.4, 0.5) is 0 Å². The van der Waals surface area contributed by atoms with Gasteiger partial charge in [-0.25, -0.2) is 4.79 Å². The average Bonchev–Trinajstić information content (AvgIpc) is 2.85. The quantitative estimate of drug-likeness (QED) is 0.731. The van der Waals surface area contributed by atoms with E-state index in [0.29, 0.717) is 12.0 Å². The minimum Gasteiger partial charge on any atom is -0.459 e. The molecule has 2 rings (SSSR count). The van der Waals surface area contributed by atoms with Crippen LogP contribution in [0.2, 0.25) is 0 Å². The summed E-state index contributed by atoms with van der Waals surface area (Å²) in [5.41, 5.74) is -0.683. The highest BCUT2D eigenvalue weighted by Crippen LogP contribution is 2.30. The average molecular weight is 312 g/mol. The number of ether oxygens (including phenoxy) is 2. The number of carbonyl (C=O) groups is 1. The van der Waals surface area contributed by atoms with Gasteiger partial charge >= 0.3 is 11.7 Å². The van der Waals surface area contributed by atoms with Crippen LogP contribution in [0.3, 0.4) is 0 Å². The Balaban J connectivity index is 2.18. The molecular weight excluding hydrogens is 292 g/mol. The zero-order valence-electron chi connectivity index (χ0n) is 12.6. The lowest BCUT2D eigenvalue weighted by molar-refractivity contribution is -0.153. The van der Waals surface area contributed by atoms with Crippen LogP contribution in [0, 0.1) is 6.92 Å². The molecule has 8 nitrogen and oxygen atoms in total. The van der Waals surface area contributed by atoms with Crippen LogP contribution in [-0.4, -0.2) is 39.4 Å². The van der Waals surface area contributed by atoms with E-state index in [1.54, 1.807) is 6.92 Å². The Hall–Kier alpha value is -1.93. The van der Waals surface area contributed by atoms with E-state index in [9.17, 15) is 19.5 Å². The molecule has 1 aliphatic rings. The van der Waals surface area contributed by atoms with E-state index in [2.05, 4.69) is 4.98 Å². The van der Waals surface area contributed by atoms with E-state index in [1.165, 1.54) is 10.8 Å². The highest BCUT2D eigenvalue weighted by molar-refractivity contribution is 5.69. The fraction of sp³-hybridized carbons (Fsp3) is 0.643. The molecule has 2 N–H and O–H groups in total. The highest BCUT2D eigenvalue weighted by Gasteiger charge is 2.38. The van der Waals surface area contributed by atoms with Crippen molar-refractivity contribution in [2.45, 2.75) is 51.5 Å². The van der Waals surface area contributed by atoms with E-state index < -0.39 is 29.7 Å². The molecule has 22 heavy (non-hydrogen) atoms. The summed E-state index contributed by atoms with van der Waals surface area (Å²) in [5, 5.41) is 9.35. The van der Waals surface area contributed by atoms with Crippen molar-refractivity contribution in [2.75, 3.05) is 6.61 Å². The minimum absolute atomic E-state index is 0.242. The van der Waals surface area contributed by atoms with E-state index in [4.69, 9.17) is 9.47 Å². The maximum Gasteiger partial charge on any atom is 0.330 e. The number of rotatable bonds is 5. The first-order chi connectivity index (χ1) is 10.5. The van der Waals surface area contributed by atoms with Crippen LogP contribution in [0.25, 0.3) is 0 Å². The number of aromatic nitrogens is 2. The van der Waals surface area contributed by atoms with Gasteiger partial charge in [0.05, 0.1) is 6.61 Å². The van der Waals surface area contributed by atoms with Crippen molar-refractivity contribution in [3.8, 4) is 0 Å². The third-order valence-corrected chi connectivity index (χ3v) is 3.55. The van der Waals surface area contributed by atoms with Crippen LogP contribution in [0.5, 0.6) is 0 Å². The zero-order chi connectivity index (χ0) is 16.3. The second-order valence-electron chi connectivity index (χ2n) is 5.30. The lowest BCUT2D eigenvalue weighted by Gasteiger charge is -2.16. The second-order valence-corrected chi connectivity index (χ2v) is 5.30. The van der Waals surface area contributed by atoms with Crippen LogP contribution in [-0.2, 0) is 14.3 Å². The number of aliphatic hydroxyl groups excluding tert-OH is 1. The molecule has 122 valence electrons. The monoisotopic (exact) mass is 312 g/mol. The Labute approximate surface area is 126 Å². The van der Waals surface area contributed by atoms with Gasteiger partial charge in [0.25, 0.3) is 5.56 Å². The van der Waals surface area contributed by atoms with E-state index >= 15 is 0 Å². The number of esters is 1. The smallest absolute Gasteiger partial charge is 0.330 e. The first kappa shape index (κ1) is 16.4. The van der Waals surface area contributed by atoms with Gasteiger partial charge in [0.15, 0.2) is 0 Å². The largest absolute Gasteiger partial charge is 0.459 e. The van der Waals surface area contributed by atoms with Gasteiger partial charge in [-0.2, -0.15) is 0 Å². The number of aromatic amines is 1. The summed E-state index contributed by atoms with van der Waals surface area (Å²) in [4.78, 5) is 37.0. The Kier molecular flexibility index (Phi) is 5.15. The van der Waals surface area contributed by atoms with E-state index in [-0.39, 0.29) is 25.4 Å². The molecule has 1 aromatic heterocycles. The molecule has 0 unspecified atom stereocenters. The van der Waals surface area contributed by atoms with Crippen molar-refractivity contribution >= 4 is 5.97 Å². The summed E-state index contributed by atoms with van der Waals surface area (Å²) in [6, 6.07) is 0. The molecule has 0 saturated carbocycles. The SMILES string of the molecule is CCCC(=O)O[C@@H]1C[C@@H](n2cc(C)c(=O)[nH]c2=O)O[C@@H]1CO. The molecule has 0 aliphatic carbocycles. The predicted molar refractivity (Wildman–Crippen MR) is 76.5 cm³/mol. The Morgan fingerprint density at radius 1 is 1.55 bits per heavy atom. The normalized spacial score (nSPS) is 24.4. The van der Waals surface area contributed by atoms with Gasteiger partial charge in [0.1, 0.15) is 18.4 Å². The number of hydrogen-bond donors (Lipinski definition) is 2. The number of nitrogens with one attached hydrogen (secondary N) is 1. The molecule has 0 amide bonds. The summed E-state index contributed by atoms with van der Waals surface area (Å²) in [6.45, 7) is 3.12. The standard InChI is InChI=1S/C14H20N2O6/c1-3-4-12(18)22-9-5-11(21-10(9)7-17)16-6-8(2)13(19)15-14(16)20/h6,9-11,17H,3-5,7H2,1-2H3,(H,15,19,20)/t9-,10-,11+/m1/s1. The number of aliphatic hydroxyl groups is 1. The van der Waals surface area contributed by atoms with Crippen LogP contribution in [0.15, 0.2) is 15.8 Å². The number of H-pyrrole nitrogens is 1. The predicted octanol–water partition coefficient (Wildman–Crippen LogP) is -0.163. The first-order valence-electron chi connectivity index (χ1n) is 7.24. The third-order valence-electron chi connectivity index (χ3n) is 3.55. The molecule has 0 bridgehead atoms. The number of carbonyl (C=O) groups excluding carboxylic acids is 1. The Morgan fingerprint density at radius 3 is 2.91 bits per heavy atom. The third kappa shape index (κ3) is 3.45. The van der Waals surface area contributed by atoms with Crippen molar-refractivity contribution in [2.24, 2.45) is 0 Å². The fourth-order valence-corrected chi connectivity index (χ4v) is 2.39. The van der Waals surface area contributed by atoms with Crippen LogP contribution >= 0.6 is 0 Å². The zero-order valence-corrected chi connectivity index (χ0v) is 12.6. The molecule has 1 saturated heterocycles. The van der Waals surface area contributed by atoms with Crippen LogP contribution in [0.1, 0.15) is 38.0 Å². The van der Waals surface area contributed by atoms with Gasteiger partial charge in [-0.3, -0.25) is 19.1 Å². The molecule has 0 spiro atoms. The molecule has 8 heteroatoms. The summed E-state index contributed by atoms with van der Waals surface area (Å²) in [7, 11) is 0.